The topological polar surface area (TPSA) is 129 Å². The molecular formula is C21H26O9. The number of carbonyl (C=O) groups excluding carboxylic acids is 4. The first-order valence-electron chi connectivity index (χ1n) is 9.86. The lowest BCUT2D eigenvalue weighted by atomic mass is 9.78. The summed E-state index contributed by atoms with van der Waals surface area (Å²) in [5.41, 5.74) is -0.886. The Morgan fingerprint density at radius 3 is 2.57 bits per heavy atom. The first kappa shape index (κ1) is 22.2. The maximum atomic E-state index is 12.5. The van der Waals surface area contributed by atoms with Crippen LogP contribution in [0.5, 0.6) is 0 Å². The van der Waals surface area contributed by atoms with E-state index >= 15 is 0 Å². The first-order chi connectivity index (χ1) is 14.1. The van der Waals surface area contributed by atoms with Crippen LogP contribution < -0.4 is 0 Å². The van der Waals surface area contributed by atoms with E-state index in [-0.39, 0.29) is 17.8 Å². The number of epoxide rings is 1. The summed E-state index contributed by atoms with van der Waals surface area (Å²) >= 11 is 0. The fourth-order valence-corrected chi connectivity index (χ4v) is 3.92. The average Bonchev–Trinajstić information content (AvgIpc) is 3.41. The summed E-state index contributed by atoms with van der Waals surface area (Å²) in [7, 11) is 0. The molecule has 30 heavy (non-hydrogen) atoms. The molecule has 0 aromatic rings. The summed E-state index contributed by atoms with van der Waals surface area (Å²) in [6, 6.07) is 0. The highest BCUT2D eigenvalue weighted by molar-refractivity contribution is 5.91. The minimum absolute atomic E-state index is 0.0422. The summed E-state index contributed by atoms with van der Waals surface area (Å²) < 4.78 is 21.9. The van der Waals surface area contributed by atoms with Crippen molar-refractivity contribution < 1.29 is 43.2 Å². The van der Waals surface area contributed by atoms with E-state index in [1.54, 1.807) is 19.9 Å². The molecule has 2 aliphatic heterocycles. The van der Waals surface area contributed by atoms with Gasteiger partial charge >= 0.3 is 17.9 Å². The smallest absolute Gasteiger partial charge is 0.334 e. The SMILES string of the molecule is C=C1C(=O)O[C@H]2[C@H]1[C@H](OC(=O)C(C)C)[C@@H](OC(C)=O)/C(C=O)=C\CCC1(CO1)[C@@H]2O. The second kappa shape index (κ2) is 8.31. The highest BCUT2D eigenvalue weighted by Crippen LogP contribution is 2.45. The van der Waals surface area contributed by atoms with Gasteiger partial charge in [0, 0.05) is 18.1 Å². The molecule has 3 rings (SSSR count). The molecule has 0 aromatic carbocycles. The molecule has 6 atom stereocenters. The van der Waals surface area contributed by atoms with Gasteiger partial charge in [0.2, 0.25) is 0 Å². The molecule has 0 amide bonds. The van der Waals surface area contributed by atoms with Gasteiger partial charge in [-0.25, -0.2) is 4.79 Å². The second-order valence-corrected chi connectivity index (χ2v) is 8.17. The zero-order valence-corrected chi connectivity index (χ0v) is 17.2. The van der Waals surface area contributed by atoms with Crippen molar-refractivity contribution in [3.63, 3.8) is 0 Å². The summed E-state index contributed by atoms with van der Waals surface area (Å²) in [5.74, 6) is -3.66. The molecule has 0 radical (unpaired) electrons. The Balaban J connectivity index is 2.13. The van der Waals surface area contributed by atoms with Crippen molar-refractivity contribution in [2.24, 2.45) is 11.8 Å². The fourth-order valence-electron chi connectivity index (χ4n) is 3.92. The van der Waals surface area contributed by atoms with Crippen LogP contribution >= 0.6 is 0 Å². The third-order valence-corrected chi connectivity index (χ3v) is 5.71. The molecule has 0 bridgehead atoms. The molecule has 1 N–H and O–H groups in total. The maximum absolute atomic E-state index is 12.5. The van der Waals surface area contributed by atoms with Crippen LogP contribution in [-0.4, -0.2) is 65.9 Å². The monoisotopic (exact) mass is 422 g/mol. The van der Waals surface area contributed by atoms with Gasteiger partial charge in [-0.2, -0.15) is 0 Å². The van der Waals surface area contributed by atoms with Crippen LogP contribution in [0.2, 0.25) is 0 Å². The molecule has 2 fully saturated rings. The van der Waals surface area contributed by atoms with Crippen molar-refractivity contribution in [2.45, 2.75) is 63.6 Å². The fraction of sp³-hybridized carbons (Fsp3) is 0.619. The van der Waals surface area contributed by atoms with Gasteiger partial charge in [0.1, 0.15) is 24.1 Å². The van der Waals surface area contributed by atoms with Crippen molar-refractivity contribution in [2.75, 3.05) is 6.61 Å². The minimum Gasteiger partial charge on any atom is -0.457 e. The van der Waals surface area contributed by atoms with Gasteiger partial charge < -0.3 is 24.1 Å². The third-order valence-electron chi connectivity index (χ3n) is 5.71. The number of carbonyl (C=O) groups is 4. The molecule has 0 aromatic heterocycles. The molecule has 2 heterocycles. The number of hydrogen-bond acceptors (Lipinski definition) is 9. The van der Waals surface area contributed by atoms with E-state index in [1.807, 2.05) is 0 Å². The molecule has 164 valence electrons. The number of esters is 3. The Morgan fingerprint density at radius 2 is 2.03 bits per heavy atom. The van der Waals surface area contributed by atoms with E-state index in [1.165, 1.54) is 0 Å². The molecule has 1 unspecified atom stereocenters. The average molecular weight is 422 g/mol. The maximum Gasteiger partial charge on any atom is 0.334 e. The standard InChI is InChI=1S/C21H26O9/c1-10(2)19(25)29-16-14-11(3)20(26)30-17(14)18(24)21(9-27-21)7-5-6-13(8-22)15(16)28-12(4)23/h6,8,10,14-18,24H,3,5,7,9H2,1-2,4H3/b13-6-/t14-,15+,16+,17+,18-,21?/m1/s1. The van der Waals surface area contributed by atoms with Gasteiger partial charge in [-0.1, -0.05) is 26.5 Å². The Labute approximate surface area is 174 Å². The van der Waals surface area contributed by atoms with Gasteiger partial charge in [-0.05, 0) is 12.8 Å². The predicted octanol–water partition coefficient (Wildman–Crippen LogP) is 0.633. The Bertz CT molecular complexity index is 792. The number of aliphatic hydroxyl groups is 1. The van der Waals surface area contributed by atoms with E-state index in [0.29, 0.717) is 19.1 Å². The highest BCUT2D eigenvalue weighted by Gasteiger charge is 2.61. The number of aliphatic hydroxyl groups excluding tert-OH is 1. The normalized spacial score (nSPS) is 37.6. The lowest BCUT2D eigenvalue weighted by Gasteiger charge is -2.36. The van der Waals surface area contributed by atoms with Crippen LogP contribution in [0.1, 0.15) is 33.6 Å². The summed E-state index contributed by atoms with van der Waals surface area (Å²) in [5, 5.41) is 11.0. The third kappa shape index (κ3) is 4.04. The van der Waals surface area contributed by atoms with E-state index in [0.717, 1.165) is 6.92 Å². The van der Waals surface area contributed by atoms with Crippen LogP contribution in [0.15, 0.2) is 23.8 Å². The van der Waals surface area contributed by atoms with E-state index in [9.17, 15) is 24.3 Å². The van der Waals surface area contributed by atoms with Gasteiger partial charge in [0.25, 0.3) is 0 Å². The molecule has 9 heteroatoms. The number of fused-ring (bicyclic) bond motifs is 1. The predicted molar refractivity (Wildman–Crippen MR) is 101 cm³/mol. The Kier molecular flexibility index (Phi) is 6.14. The summed E-state index contributed by atoms with van der Waals surface area (Å²) in [4.78, 5) is 48.5. The van der Waals surface area contributed by atoms with Crippen LogP contribution in [0.25, 0.3) is 0 Å². The molecule has 0 saturated carbocycles. The second-order valence-electron chi connectivity index (χ2n) is 8.17. The lowest BCUT2D eigenvalue weighted by Crippen LogP contribution is -2.52. The van der Waals surface area contributed by atoms with Gasteiger partial charge in [0.05, 0.1) is 18.4 Å². The zero-order valence-electron chi connectivity index (χ0n) is 17.2. The van der Waals surface area contributed by atoms with Crippen molar-refractivity contribution >= 4 is 24.2 Å². The lowest BCUT2D eigenvalue weighted by molar-refractivity contribution is -0.175. The van der Waals surface area contributed by atoms with Crippen LogP contribution in [0.3, 0.4) is 0 Å². The Hall–Kier alpha value is -2.52. The van der Waals surface area contributed by atoms with E-state index in [2.05, 4.69) is 6.58 Å². The van der Waals surface area contributed by atoms with E-state index in [4.69, 9.17) is 18.9 Å². The van der Waals surface area contributed by atoms with E-state index < -0.39 is 59.8 Å². The molecular weight excluding hydrogens is 396 g/mol. The van der Waals surface area contributed by atoms with Crippen LogP contribution in [-0.2, 0) is 38.1 Å². The minimum atomic E-state index is -1.30. The quantitative estimate of drug-likeness (QED) is 0.228. The van der Waals surface area contributed by atoms with Crippen molar-refractivity contribution in [1.82, 2.24) is 0 Å². The van der Waals surface area contributed by atoms with Gasteiger partial charge in [0.15, 0.2) is 12.2 Å². The van der Waals surface area contributed by atoms with Crippen molar-refractivity contribution in [3.05, 3.63) is 23.8 Å². The van der Waals surface area contributed by atoms with Gasteiger partial charge in [-0.3, -0.25) is 14.4 Å². The highest BCUT2D eigenvalue weighted by atomic mass is 16.6. The number of rotatable bonds is 4. The van der Waals surface area contributed by atoms with Gasteiger partial charge in [-0.15, -0.1) is 0 Å². The molecule has 9 nitrogen and oxygen atoms in total. The summed E-state index contributed by atoms with van der Waals surface area (Å²) in [6.07, 6.45) is -2.15. The first-order valence-corrected chi connectivity index (χ1v) is 9.86. The number of aldehydes is 1. The summed E-state index contributed by atoms with van der Waals surface area (Å²) in [6.45, 7) is 8.40. The largest absolute Gasteiger partial charge is 0.457 e. The molecule has 1 spiro atoms. The number of ether oxygens (including phenoxy) is 4. The molecule has 3 aliphatic rings. The van der Waals surface area contributed by atoms with Crippen molar-refractivity contribution in [3.8, 4) is 0 Å². The Morgan fingerprint density at radius 1 is 1.37 bits per heavy atom. The van der Waals surface area contributed by atoms with Crippen LogP contribution in [0, 0.1) is 11.8 Å². The molecule has 2 saturated heterocycles. The zero-order chi connectivity index (χ0) is 22.2. The van der Waals surface area contributed by atoms with Crippen molar-refractivity contribution in [1.29, 1.82) is 0 Å². The van der Waals surface area contributed by atoms with Crippen LogP contribution in [0.4, 0.5) is 0 Å². The molecule has 1 aliphatic carbocycles. The number of hydrogen-bond donors (Lipinski definition) is 1. The number of allylic oxidation sites excluding steroid dienone is 1.